The predicted molar refractivity (Wildman–Crippen MR) is 90.1 cm³/mol. The summed E-state index contributed by atoms with van der Waals surface area (Å²) in [5.74, 6) is 4.21. The van der Waals surface area contributed by atoms with Gasteiger partial charge in [-0.25, -0.2) is 0 Å². The first-order valence-electron chi connectivity index (χ1n) is 9.80. The van der Waals surface area contributed by atoms with E-state index in [9.17, 15) is 0 Å². The zero-order valence-corrected chi connectivity index (χ0v) is 14.1. The standard InChI is InChI=1S/C21H34/c1-3-12-21-15-14-20(2)13-6-9-18(20)19(21)11-10-16-7-4-5-8-17(16)21/h3,16-19H,1,4-15H2,2H3/t16?,17-,18-,19-,20-,21+/m0/s1. The van der Waals surface area contributed by atoms with Crippen LogP contribution < -0.4 is 0 Å². The highest BCUT2D eigenvalue weighted by molar-refractivity contribution is 5.10. The number of hydrogen-bond acceptors (Lipinski definition) is 0. The van der Waals surface area contributed by atoms with Crippen LogP contribution in [0.4, 0.5) is 0 Å². The van der Waals surface area contributed by atoms with Crippen LogP contribution in [-0.2, 0) is 0 Å². The summed E-state index contributed by atoms with van der Waals surface area (Å²) in [6.45, 7) is 6.82. The Morgan fingerprint density at radius 2 is 1.67 bits per heavy atom. The first kappa shape index (κ1) is 14.3. The zero-order valence-electron chi connectivity index (χ0n) is 14.1. The van der Waals surface area contributed by atoms with E-state index < -0.39 is 0 Å². The van der Waals surface area contributed by atoms with Crippen molar-refractivity contribution in [3.8, 4) is 0 Å². The highest BCUT2D eigenvalue weighted by atomic mass is 14.6. The van der Waals surface area contributed by atoms with Gasteiger partial charge in [-0.3, -0.25) is 0 Å². The Morgan fingerprint density at radius 1 is 0.857 bits per heavy atom. The molecule has 0 heteroatoms. The first-order chi connectivity index (χ1) is 10.2. The third-order valence-corrected chi connectivity index (χ3v) is 8.56. The van der Waals surface area contributed by atoms with Crippen LogP contribution in [-0.4, -0.2) is 0 Å². The van der Waals surface area contributed by atoms with Crippen LogP contribution >= 0.6 is 0 Å². The highest BCUT2D eigenvalue weighted by Gasteiger charge is 2.59. The lowest BCUT2D eigenvalue weighted by molar-refractivity contribution is -0.124. The van der Waals surface area contributed by atoms with Gasteiger partial charge in [0.1, 0.15) is 0 Å². The van der Waals surface area contributed by atoms with Crippen molar-refractivity contribution in [1.82, 2.24) is 0 Å². The molecule has 118 valence electrons. The van der Waals surface area contributed by atoms with Crippen molar-refractivity contribution >= 4 is 0 Å². The van der Waals surface area contributed by atoms with Crippen molar-refractivity contribution in [1.29, 1.82) is 0 Å². The molecule has 0 spiro atoms. The molecule has 4 fully saturated rings. The summed E-state index contributed by atoms with van der Waals surface area (Å²) in [6.07, 6.45) is 20.4. The minimum atomic E-state index is 0.666. The largest absolute Gasteiger partial charge is 0.103 e. The molecule has 21 heavy (non-hydrogen) atoms. The fourth-order valence-corrected chi connectivity index (χ4v) is 7.69. The maximum atomic E-state index is 4.18. The van der Waals surface area contributed by atoms with Crippen molar-refractivity contribution in [2.45, 2.75) is 84.0 Å². The summed E-state index contributed by atoms with van der Waals surface area (Å²) < 4.78 is 0. The molecule has 0 aromatic heterocycles. The van der Waals surface area contributed by atoms with E-state index in [1.165, 1.54) is 57.8 Å². The molecule has 0 heterocycles. The lowest BCUT2D eigenvalue weighted by Gasteiger charge is -2.62. The van der Waals surface area contributed by atoms with Crippen LogP contribution in [0.1, 0.15) is 84.0 Å². The molecule has 4 saturated carbocycles. The Balaban J connectivity index is 1.71. The van der Waals surface area contributed by atoms with E-state index in [0.717, 1.165) is 23.7 Å². The molecule has 1 unspecified atom stereocenters. The van der Waals surface area contributed by atoms with E-state index >= 15 is 0 Å². The summed E-state index contributed by atoms with van der Waals surface area (Å²) in [4.78, 5) is 0. The van der Waals surface area contributed by atoms with Gasteiger partial charge in [0, 0.05) is 0 Å². The fourth-order valence-electron chi connectivity index (χ4n) is 7.69. The Kier molecular flexibility index (Phi) is 3.51. The molecule has 0 aliphatic heterocycles. The average molecular weight is 287 g/mol. The zero-order chi connectivity index (χ0) is 14.5. The molecule has 0 bridgehead atoms. The van der Waals surface area contributed by atoms with Crippen molar-refractivity contribution in [2.75, 3.05) is 0 Å². The van der Waals surface area contributed by atoms with Gasteiger partial charge in [0.15, 0.2) is 0 Å². The second kappa shape index (κ2) is 5.14. The molecule has 0 nitrogen and oxygen atoms in total. The minimum absolute atomic E-state index is 0.666. The van der Waals surface area contributed by atoms with E-state index in [4.69, 9.17) is 0 Å². The van der Waals surface area contributed by atoms with Crippen LogP contribution in [0.25, 0.3) is 0 Å². The Bertz CT molecular complexity index is 410. The Labute approximate surface area is 131 Å². The number of allylic oxidation sites excluding steroid dienone is 1. The average Bonchev–Trinajstić information content (AvgIpc) is 2.89. The molecule has 4 aliphatic rings. The summed E-state index contributed by atoms with van der Waals surface area (Å²) in [7, 11) is 0. The summed E-state index contributed by atoms with van der Waals surface area (Å²) in [6, 6.07) is 0. The monoisotopic (exact) mass is 286 g/mol. The normalized spacial score (nSPS) is 52.6. The Hall–Kier alpha value is -0.260. The molecule has 0 radical (unpaired) electrons. The van der Waals surface area contributed by atoms with E-state index in [-0.39, 0.29) is 0 Å². The van der Waals surface area contributed by atoms with Crippen LogP contribution in [0, 0.1) is 34.5 Å². The number of hydrogen-bond donors (Lipinski definition) is 0. The molecule has 6 atom stereocenters. The van der Waals surface area contributed by atoms with Crippen molar-refractivity contribution in [3.05, 3.63) is 12.7 Å². The highest BCUT2D eigenvalue weighted by Crippen LogP contribution is 2.68. The molecule has 0 aromatic rings. The van der Waals surface area contributed by atoms with Gasteiger partial charge in [0.05, 0.1) is 0 Å². The first-order valence-corrected chi connectivity index (χ1v) is 9.80. The lowest BCUT2D eigenvalue weighted by atomic mass is 9.43. The molecule has 0 aromatic carbocycles. The van der Waals surface area contributed by atoms with Gasteiger partial charge in [0.25, 0.3) is 0 Å². The molecular formula is C21H34. The summed E-state index contributed by atoms with van der Waals surface area (Å²) in [5, 5.41) is 0. The second-order valence-electron chi connectivity index (χ2n) is 9.21. The Morgan fingerprint density at radius 3 is 2.52 bits per heavy atom. The fraction of sp³-hybridized carbons (Fsp3) is 0.905. The smallest absolute Gasteiger partial charge is 0.0201 e. The minimum Gasteiger partial charge on any atom is -0.103 e. The van der Waals surface area contributed by atoms with Gasteiger partial charge in [-0.15, -0.1) is 6.58 Å². The lowest BCUT2D eigenvalue weighted by Crippen LogP contribution is -2.54. The van der Waals surface area contributed by atoms with Gasteiger partial charge >= 0.3 is 0 Å². The van der Waals surface area contributed by atoms with Crippen LogP contribution in [0.3, 0.4) is 0 Å². The molecular weight excluding hydrogens is 252 g/mol. The van der Waals surface area contributed by atoms with E-state index in [0.29, 0.717) is 10.8 Å². The van der Waals surface area contributed by atoms with Crippen LogP contribution in [0.15, 0.2) is 12.7 Å². The van der Waals surface area contributed by atoms with Gasteiger partial charge in [-0.1, -0.05) is 38.7 Å². The molecule has 0 amide bonds. The van der Waals surface area contributed by atoms with Crippen molar-refractivity contribution < 1.29 is 0 Å². The van der Waals surface area contributed by atoms with Crippen molar-refractivity contribution in [2.24, 2.45) is 34.5 Å². The number of rotatable bonds is 2. The SMILES string of the molecule is C=CC[C@]12CC[C@]3(C)CCC[C@H]3[C@@H]1CCC1CCCC[C@@H]12. The van der Waals surface area contributed by atoms with E-state index in [1.807, 2.05) is 0 Å². The van der Waals surface area contributed by atoms with Gasteiger partial charge < -0.3 is 0 Å². The maximum absolute atomic E-state index is 4.18. The summed E-state index contributed by atoms with van der Waals surface area (Å²) >= 11 is 0. The van der Waals surface area contributed by atoms with Gasteiger partial charge in [0.2, 0.25) is 0 Å². The molecule has 4 aliphatic carbocycles. The van der Waals surface area contributed by atoms with Crippen LogP contribution in [0.2, 0.25) is 0 Å². The van der Waals surface area contributed by atoms with Gasteiger partial charge in [-0.2, -0.15) is 0 Å². The third kappa shape index (κ3) is 2.00. The quantitative estimate of drug-likeness (QED) is 0.518. The molecule has 0 N–H and O–H groups in total. The molecule has 0 saturated heterocycles. The van der Waals surface area contributed by atoms with E-state index in [1.54, 1.807) is 19.3 Å². The van der Waals surface area contributed by atoms with Crippen LogP contribution in [0.5, 0.6) is 0 Å². The van der Waals surface area contributed by atoms with E-state index in [2.05, 4.69) is 19.6 Å². The topological polar surface area (TPSA) is 0 Å². The van der Waals surface area contributed by atoms with Crippen molar-refractivity contribution in [3.63, 3.8) is 0 Å². The number of fused-ring (bicyclic) bond motifs is 5. The molecule has 4 rings (SSSR count). The predicted octanol–water partition coefficient (Wildman–Crippen LogP) is 6.37. The summed E-state index contributed by atoms with van der Waals surface area (Å²) in [5.41, 5.74) is 1.37. The second-order valence-corrected chi connectivity index (χ2v) is 9.21. The maximum Gasteiger partial charge on any atom is -0.0201 e. The van der Waals surface area contributed by atoms with Gasteiger partial charge in [-0.05, 0) is 85.9 Å². The third-order valence-electron chi connectivity index (χ3n) is 8.56.